The normalized spacial score (nSPS) is 15.6. The van der Waals surface area contributed by atoms with Gasteiger partial charge in [0.25, 0.3) is 5.56 Å². The molecule has 1 aromatic carbocycles. The van der Waals surface area contributed by atoms with E-state index in [1.54, 1.807) is 0 Å². The summed E-state index contributed by atoms with van der Waals surface area (Å²) in [5, 5.41) is 3.11. The van der Waals surface area contributed by atoms with Crippen LogP contribution >= 0.6 is 0 Å². The molecular formula is C18H21F3N4O. The zero-order valence-corrected chi connectivity index (χ0v) is 14.3. The zero-order chi connectivity index (χ0) is 18.6. The van der Waals surface area contributed by atoms with E-state index in [-0.39, 0.29) is 12.4 Å². The fourth-order valence-electron chi connectivity index (χ4n) is 3.13. The second-order valence-corrected chi connectivity index (χ2v) is 6.35. The Morgan fingerprint density at radius 2 is 1.81 bits per heavy atom. The van der Waals surface area contributed by atoms with Crippen LogP contribution in [0, 0.1) is 0 Å². The summed E-state index contributed by atoms with van der Waals surface area (Å²) in [6.45, 7) is 1.92. The number of H-pyrrole nitrogens is 1. The van der Waals surface area contributed by atoms with Crippen LogP contribution in [0.15, 0.2) is 35.1 Å². The molecule has 0 unspecified atom stereocenters. The van der Waals surface area contributed by atoms with Gasteiger partial charge < -0.3 is 15.2 Å². The molecule has 0 radical (unpaired) electrons. The minimum Gasteiger partial charge on any atom is -0.376 e. The van der Waals surface area contributed by atoms with Gasteiger partial charge in [0.2, 0.25) is 0 Å². The van der Waals surface area contributed by atoms with Gasteiger partial charge in [-0.05, 0) is 25.0 Å². The molecule has 1 aliphatic heterocycles. The average Bonchev–Trinajstić information content (AvgIpc) is 2.88. The second kappa shape index (κ2) is 7.80. The quantitative estimate of drug-likeness (QED) is 0.865. The Balaban J connectivity index is 1.78. The Morgan fingerprint density at radius 1 is 1.12 bits per heavy atom. The first-order valence-electron chi connectivity index (χ1n) is 8.69. The second-order valence-electron chi connectivity index (χ2n) is 6.35. The fraction of sp³-hybridized carbons (Fsp3) is 0.444. The maximum atomic E-state index is 12.8. The Bertz CT molecular complexity index is 796. The molecule has 0 bridgehead atoms. The number of anilines is 2. The molecule has 2 aromatic rings. The number of aromatic nitrogens is 2. The van der Waals surface area contributed by atoms with E-state index in [1.807, 2.05) is 24.3 Å². The number of nitrogens with zero attached hydrogens (tertiary/aromatic N) is 2. The van der Waals surface area contributed by atoms with Crippen LogP contribution in [0.2, 0.25) is 0 Å². The van der Waals surface area contributed by atoms with E-state index in [4.69, 9.17) is 0 Å². The highest BCUT2D eigenvalue weighted by Gasteiger charge is 2.33. The third kappa shape index (κ3) is 4.56. The molecule has 1 fully saturated rings. The first kappa shape index (κ1) is 18.3. The van der Waals surface area contributed by atoms with E-state index in [2.05, 4.69) is 20.2 Å². The number of nitrogens with one attached hydrogen (secondary N) is 2. The molecule has 0 atom stereocenters. The summed E-state index contributed by atoms with van der Waals surface area (Å²) in [6.07, 6.45) is 0.0175. The largest absolute Gasteiger partial charge is 0.433 e. The highest BCUT2D eigenvalue weighted by atomic mass is 19.4. The van der Waals surface area contributed by atoms with E-state index in [1.165, 1.54) is 12.8 Å². The van der Waals surface area contributed by atoms with Crippen molar-refractivity contribution in [2.24, 2.45) is 0 Å². The molecule has 0 aliphatic carbocycles. The molecule has 3 rings (SSSR count). The number of hydrogen-bond acceptors (Lipinski definition) is 4. The summed E-state index contributed by atoms with van der Waals surface area (Å²) in [4.78, 5) is 19.7. The monoisotopic (exact) mass is 366 g/mol. The minimum absolute atomic E-state index is 0.00398. The molecule has 0 saturated carbocycles. The van der Waals surface area contributed by atoms with Gasteiger partial charge in [0.05, 0.1) is 17.9 Å². The lowest BCUT2D eigenvalue weighted by molar-refractivity contribution is -0.141. The Kier molecular flexibility index (Phi) is 5.49. The summed E-state index contributed by atoms with van der Waals surface area (Å²) in [5.74, 6) is -0.0458. The van der Waals surface area contributed by atoms with E-state index >= 15 is 0 Å². The van der Waals surface area contributed by atoms with Crippen LogP contribution in [0.5, 0.6) is 0 Å². The lowest BCUT2D eigenvalue weighted by Crippen LogP contribution is -2.25. The van der Waals surface area contributed by atoms with Crippen molar-refractivity contribution in [3.05, 3.63) is 52.2 Å². The van der Waals surface area contributed by atoms with Crippen molar-refractivity contribution in [1.29, 1.82) is 0 Å². The van der Waals surface area contributed by atoms with Gasteiger partial charge in [-0.1, -0.05) is 25.0 Å². The average molecular weight is 366 g/mol. The van der Waals surface area contributed by atoms with Crippen molar-refractivity contribution in [1.82, 2.24) is 9.97 Å². The molecule has 2 heterocycles. The van der Waals surface area contributed by atoms with Crippen molar-refractivity contribution in [3.63, 3.8) is 0 Å². The Hall–Kier alpha value is -2.51. The highest BCUT2D eigenvalue weighted by molar-refractivity contribution is 5.70. The number of alkyl halides is 3. The molecule has 1 aliphatic rings. The maximum absolute atomic E-state index is 12.8. The van der Waals surface area contributed by atoms with E-state index in [0.29, 0.717) is 6.07 Å². The molecule has 0 spiro atoms. The first-order chi connectivity index (χ1) is 12.4. The van der Waals surface area contributed by atoms with Crippen molar-refractivity contribution in [2.75, 3.05) is 23.3 Å². The van der Waals surface area contributed by atoms with Gasteiger partial charge in [-0.2, -0.15) is 13.2 Å². The van der Waals surface area contributed by atoms with Crippen molar-refractivity contribution in [3.8, 4) is 0 Å². The lowest BCUT2D eigenvalue weighted by atomic mass is 10.2. The van der Waals surface area contributed by atoms with Gasteiger partial charge in [0, 0.05) is 19.2 Å². The first-order valence-corrected chi connectivity index (χ1v) is 8.69. The van der Waals surface area contributed by atoms with Gasteiger partial charge in [-0.25, -0.2) is 4.98 Å². The maximum Gasteiger partial charge on any atom is 0.433 e. The minimum atomic E-state index is -4.65. The van der Waals surface area contributed by atoms with Crippen molar-refractivity contribution < 1.29 is 13.2 Å². The van der Waals surface area contributed by atoms with E-state index < -0.39 is 17.4 Å². The third-order valence-electron chi connectivity index (χ3n) is 4.38. The molecule has 0 amide bonds. The summed E-state index contributed by atoms with van der Waals surface area (Å²) in [7, 11) is 0. The standard InChI is InChI=1S/C18H21F3N4O/c19-18(20,21)15-11-17(26)24-16(23-15)12-22-13-7-3-4-8-14(13)25-9-5-1-2-6-10-25/h3-4,7-8,11,22H,1-2,5-6,9-10,12H2,(H,23,24,26). The van der Waals surface area contributed by atoms with Crippen LogP contribution in [0.25, 0.3) is 0 Å². The number of halogens is 3. The topological polar surface area (TPSA) is 61.0 Å². The van der Waals surface area contributed by atoms with Crippen LogP contribution in [0.4, 0.5) is 24.5 Å². The smallest absolute Gasteiger partial charge is 0.376 e. The third-order valence-corrected chi connectivity index (χ3v) is 4.38. The fourth-order valence-corrected chi connectivity index (χ4v) is 3.13. The predicted molar refractivity (Wildman–Crippen MR) is 94.3 cm³/mol. The molecule has 26 heavy (non-hydrogen) atoms. The summed E-state index contributed by atoms with van der Waals surface area (Å²) in [6, 6.07) is 8.15. The molecule has 1 aromatic heterocycles. The summed E-state index contributed by atoms with van der Waals surface area (Å²) >= 11 is 0. The summed E-state index contributed by atoms with van der Waals surface area (Å²) in [5.41, 5.74) is -0.165. The molecule has 5 nitrogen and oxygen atoms in total. The van der Waals surface area contributed by atoms with Crippen LogP contribution in [-0.2, 0) is 12.7 Å². The molecule has 8 heteroatoms. The van der Waals surface area contributed by atoms with Crippen molar-refractivity contribution in [2.45, 2.75) is 38.4 Å². The van der Waals surface area contributed by atoms with Crippen LogP contribution in [0.3, 0.4) is 0 Å². The van der Waals surface area contributed by atoms with Crippen molar-refractivity contribution >= 4 is 11.4 Å². The number of para-hydroxylation sites is 2. The number of rotatable bonds is 4. The zero-order valence-electron chi connectivity index (χ0n) is 14.3. The lowest BCUT2D eigenvalue weighted by Gasteiger charge is -2.25. The summed E-state index contributed by atoms with van der Waals surface area (Å²) < 4.78 is 38.4. The van der Waals surface area contributed by atoms with Gasteiger partial charge in [-0.15, -0.1) is 0 Å². The highest BCUT2D eigenvalue weighted by Crippen LogP contribution is 2.29. The van der Waals surface area contributed by atoms with Gasteiger partial charge in [-0.3, -0.25) is 4.79 Å². The molecule has 1 saturated heterocycles. The van der Waals surface area contributed by atoms with Crippen LogP contribution < -0.4 is 15.8 Å². The number of hydrogen-bond donors (Lipinski definition) is 2. The molecule has 140 valence electrons. The van der Waals surface area contributed by atoms with Gasteiger partial charge in [0.1, 0.15) is 5.82 Å². The van der Waals surface area contributed by atoms with Crippen LogP contribution in [0.1, 0.15) is 37.2 Å². The van der Waals surface area contributed by atoms with Gasteiger partial charge >= 0.3 is 6.18 Å². The number of benzene rings is 1. The predicted octanol–water partition coefficient (Wildman–Crippen LogP) is 3.78. The molecule has 2 N–H and O–H groups in total. The van der Waals surface area contributed by atoms with Gasteiger partial charge in [0.15, 0.2) is 5.69 Å². The van der Waals surface area contributed by atoms with Crippen LogP contribution in [-0.4, -0.2) is 23.1 Å². The Labute approximate surface area is 149 Å². The SMILES string of the molecule is O=c1cc(C(F)(F)F)nc(CNc2ccccc2N2CCCCCC2)[nH]1. The van der Waals surface area contributed by atoms with E-state index in [9.17, 15) is 18.0 Å². The number of aromatic amines is 1. The Morgan fingerprint density at radius 3 is 2.50 bits per heavy atom. The molecular weight excluding hydrogens is 345 g/mol. The van der Waals surface area contributed by atoms with E-state index in [0.717, 1.165) is 37.3 Å².